The molecule has 0 saturated carbocycles. The highest BCUT2D eigenvalue weighted by atomic mass is 127. The molecule has 0 spiro atoms. The van der Waals surface area contributed by atoms with Crippen LogP contribution in [-0.4, -0.2) is 17.3 Å². The van der Waals surface area contributed by atoms with E-state index in [1.807, 2.05) is 36.0 Å². The second-order valence-electron chi connectivity index (χ2n) is 4.19. The molecule has 0 aliphatic carbocycles. The smallest absolute Gasteiger partial charge is 0.163 e. The SMILES string of the molecule is O=C(CC1CCSCC1)c1cccc(I)c1. The lowest BCUT2D eigenvalue weighted by Gasteiger charge is -2.20. The normalized spacial score (nSPS) is 17.3. The molecule has 0 unspecified atom stereocenters. The Kier molecular flexibility index (Phi) is 4.70. The van der Waals surface area contributed by atoms with Crippen LogP contribution in [0.15, 0.2) is 24.3 Å². The molecule has 1 fully saturated rings. The van der Waals surface area contributed by atoms with Gasteiger partial charge in [-0.1, -0.05) is 12.1 Å². The second kappa shape index (κ2) is 6.05. The molecule has 1 nitrogen and oxygen atoms in total. The molecule has 0 N–H and O–H groups in total. The first-order valence-electron chi connectivity index (χ1n) is 5.62. The number of hydrogen-bond acceptors (Lipinski definition) is 2. The maximum atomic E-state index is 12.1. The quantitative estimate of drug-likeness (QED) is 0.608. The average Bonchev–Trinajstić information content (AvgIpc) is 2.30. The lowest BCUT2D eigenvalue weighted by molar-refractivity contribution is 0.0958. The van der Waals surface area contributed by atoms with Crippen molar-refractivity contribution >= 4 is 40.1 Å². The van der Waals surface area contributed by atoms with Crippen LogP contribution in [0.1, 0.15) is 29.6 Å². The Balaban J connectivity index is 1.97. The molecule has 1 aliphatic heterocycles. The lowest BCUT2D eigenvalue weighted by Crippen LogP contribution is -2.14. The number of thioether (sulfide) groups is 1. The zero-order valence-electron chi connectivity index (χ0n) is 9.12. The van der Waals surface area contributed by atoms with Crippen LogP contribution >= 0.6 is 34.4 Å². The molecule has 0 amide bonds. The molecule has 16 heavy (non-hydrogen) atoms. The predicted octanol–water partition coefficient (Wildman–Crippen LogP) is 4.01. The molecule has 1 aromatic carbocycles. The summed E-state index contributed by atoms with van der Waals surface area (Å²) in [7, 11) is 0. The van der Waals surface area contributed by atoms with E-state index >= 15 is 0 Å². The summed E-state index contributed by atoms with van der Waals surface area (Å²) in [6.07, 6.45) is 3.15. The van der Waals surface area contributed by atoms with Crippen LogP contribution in [0, 0.1) is 9.49 Å². The summed E-state index contributed by atoms with van der Waals surface area (Å²) in [6.45, 7) is 0. The maximum absolute atomic E-state index is 12.1. The summed E-state index contributed by atoms with van der Waals surface area (Å²) < 4.78 is 1.14. The van der Waals surface area contributed by atoms with Crippen molar-refractivity contribution in [2.75, 3.05) is 11.5 Å². The van der Waals surface area contributed by atoms with E-state index in [1.165, 1.54) is 24.3 Å². The summed E-state index contributed by atoms with van der Waals surface area (Å²) in [6, 6.07) is 7.91. The van der Waals surface area contributed by atoms with Gasteiger partial charge in [0.25, 0.3) is 0 Å². The first-order chi connectivity index (χ1) is 7.75. The molecule has 1 aromatic rings. The Morgan fingerprint density at radius 2 is 2.12 bits per heavy atom. The van der Waals surface area contributed by atoms with Crippen LogP contribution in [0.4, 0.5) is 0 Å². The minimum Gasteiger partial charge on any atom is -0.294 e. The Labute approximate surface area is 115 Å². The number of benzene rings is 1. The van der Waals surface area contributed by atoms with Gasteiger partial charge in [-0.2, -0.15) is 11.8 Å². The summed E-state index contributed by atoms with van der Waals surface area (Å²) in [4.78, 5) is 12.1. The van der Waals surface area contributed by atoms with Crippen molar-refractivity contribution in [3.8, 4) is 0 Å². The zero-order valence-corrected chi connectivity index (χ0v) is 12.1. The largest absolute Gasteiger partial charge is 0.294 e. The van der Waals surface area contributed by atoms with Crippen molar-refractivity contribution in [2.45, 2.75) is 19.3 Å². The summed E-state index contributed by atoms with van der Waals surface area (Å²) >= 11 is 4.27. The van der Waals surface area contributed by atoms with Crippen molar-refractivity contribution in [1.82, 2.24) is 0 Å². The van der Waals surface area contributed by atoms with Crippen molar-refractivity contribution < 1.29 is 4.79 Å². The molecule has 86 valence electrons. The number of carbonyl (C=O) groups excluding carboxylic acids is 1. The Morgan fingerprint density at radius 3 is 2.81 bits per heavy atom. The van der Waals surface area contributed by atoms with E-state index in [9.17, 15) is 4.79 Å². The Hall–Kier alpha value is -0.0300. The Bertz CT molecular complexity index is 372. The van der Waals surface area contributed by atoms with E-state index in [0.29, 0.717) is 11.7 Å². The maximum Gasteiger partial charge on any atom is 0.163 e. The predicted molar refractivity (Wildman–Crippen MR) is 78.2 cm³/mol. The van der Waals surface area contributed by atoms with Gasteiger partial charge in [-0.25, -0.2) is 0 Å². The van der Waals surface area contributed by atoms with E-state index in [2.05, 4.69) is 22.6 Å². The van der Waals surface area contributed by atoms with Gasteiger partial charge in [-0.15, -0.1) is 0 Å². The van der Waals surface area contributed by atoms with Gasteiger partial charge in [-0.3, -0.25) is 4.79 Å². The van der Waals surface area contributed by atoms with E-state index in [0.717, 1.165) is 15.6 Å². The third-order valence-corrected chi connectivity index (χ3v) is 4.68. The topological polar surface area (TPSA) is 17.1 Å². The molecule has 2 rings (SSSR count). The van der Waals surface area contributed by atoms with Gasteiger partial charge in [-0.05, 0) is 65.0 Å². The fraction of sp³-hybridized carbons (Fsp3) is 0.462. The molecular formula is C13H15IOS. The van der Waals surface area contributed by atoms with Gasteiger partial charge in [0.1, 0.15) is 0 Å². The van der Waals surface area contributed by atoms with Gasteiger partial charge >= 0.3 is 0 Å². The molecule has 1 saturated heterocycles. The average molecular weight is 346 g/mol. The third-order valence-electron chi connectivity index (χ3n) is 2.96. The van der Waals surface area contributed by atoms with Crippen LogP contribution in [0.5, 0.6) is 0 Å². The molecule has 1 aliphatic rings. The van der Waals surface area contributed by atoms with Gasteiger partial charge in [0.05, 0.1) is 0 Å². The molecule has 3 heteroatoms. The van der Waals surface area contributed by atoms with Crippen molar-refractivity contribution in [3.63, 3.8) is 0 Å². The van der Waals surface area contributed by atoms with E-state index in [-0.39, 0.29) is 0 Å². The minimum absolute atomic E-state index is 0.315. The number of carbonyl (C=O) groups is 1. The standard InChI is InChI=1S/C13H15IOS/c14-12-3-1-2-11(9-12)13(15)8-10-4-6-16-7-5-10/h1-3,9-10H,4-8H2. The molecule has 0 radical (unpaired) electrons. The monoisotopic (exact) mass is 346 g/mol. The molecule has 0 aromatic heterocycles. The van der Waals surface area contributed by atoms with Crippen LogP contribution in [-0.2, 0) is 0 Å². The van der Waals surface area contributed by atoms with Crippen molar-refractivity contribution in [1.29, 1.82) is 0 Å². The Morgan fingerprint density at radius 1 is 1.38 bits per heavy atom. The van der Waals surface area contributed by atoms with E-state index in [1.54, 1.807) is 0 Å². The van der Waals surface area contributed by atoms with E-state index < -0.39 is 0 Å². The first kappa shape index (κ1) is 12.4. The lowest BCUT2D eigenvalue weighted by atomic mass is 9.93. The van der Waals surface area contributed by atoms with Gasteiger partial charge < -0.3 is 0 Å². The van der Waals surface area contributed by atoms with Gasteiger partial charge in [0.2, 0.25) is 0 Å². The summed E-state index contributed by atoms with van der Waals surface area (Å²) in [5.41, 5.74) is 0.880. The fourth-order valence-corrected chi connectivity index (χ4v) is 3.74. The summed E-state index contributed by atoms with van der Waals surface area (Å²) in [5.74, 6) is 3.39. The van der Waals surface area contributed by atoms with Crippen molar-refractivity contribution in [2.24, 2.45) is 5.92 Å². The third kappa shape index (κ3) is 3.48. The number of Topliss-reactive ketones (excluding diaryl/α,β-unsaturated/α-hetero) is 1. The van der Waals surface area contributed by atoms with Crippen molar-refractivity contribution in [3.05, 3.63) is 33.4 Å². The van der Waals surface area contributed by atoms with Gasteiger partial charge in [0.15, 0.2) is 5.78 Å². The number of hydrogen-bond donors (Lipinski definition) is 0. The van der Waals surface area contributed by atoms with Gasteiger partial charge in [0, 0.05) is 15.6 Å². The minimum atomic E-state index is 0.315. The summed E-state index contributed by atoms with van der Waals surface area (Å²) in [5, 5.41) is 0. The fourth-order valence-electron chi connectivity index (χ4n) is 1.99. The van der Waals surface area contributed by atoms with Crippen LogP contribution < -0.4 is 0 Å². The second-order valence-corrected chi connectivity index (χ2v) is 6.66. The molecule has 0 atom stereocenters. The number of halogens is 1. The molecule has 0 bridgehead atoms. The van der Waals surface area contributed by atoms with Crippen LogP contribution in [0.2, 0.25) is 0 Å². The molecular weight excluding hydrogens is 331 g/mol. The first-order valence-corrected chi connectivity index (χ1v) is 7.85. The molecule has 1 heterocycles. The van der Waals surface area contributed by atoms with Crippen LogP contribution in [0.3, 0.4) is 0 Å². The number of ketones is 1. The van der Waals surface area contributed by atoms with Crippen LogP contribution in [0.25, 0.3) is 0 Å². The zero-order chi connectivity index (χ0) is 11.4. The highest BCUT2D eigenvalue weighted by Crippen LogP contribution is 2.26. The highest BCUT2D eigenvalue weighted by Gasteiger charge is 2.18. The highest BCUT2D eigenvalue weighted by molar-refractivity contribution is 14.1. The van der Waals surface area contributed by atoms with E-state index in [4.69, 9.17) is 0 Å². The number of rotatable bonds is 3.